The number of aryl methyl sites for hydroxylation is 1. The highest BCUT2D eigenvalue weighted by Gasteiger charge is 2.13. The first-order chi connectivity index (χ1) is 9.06. The monoisotopic (exact) mass is 294 g/mol. The Morgan fingerprint density at radius 2 is 2.37 bits per heavy atom. The Morgan fingerprint density at radius 1 is 1.58 bits per heavy atom. The van der Waals surface area contributed by atoms with Crippen molar-refractivity contribution in [2.45, 2.75) is 6.92 Å². The zero-order chi connectivity index (χ0) is 13.8. The number of thiazole rings is 1. The van der Waals surface area contributed by atoms with Gasteiger partial charge in [-0.05, 0) is 24.6 Å². The first-order valence-electron chi connectivity index (χ1n) is 5.38. The lowest BCUT2D eigenvalue weighted by molar-refractivity contribution is 0.0958. The van der Waals surface area contributed by atoms with Crippen LogP contribution in [0.1, 0.15) is 20.9 Å². The third-order valence-corrected chi connectivity index (χ3v) is 3.47. The fourth-order valence-corrected chi connectivity index (χ4v) is 2.35. The zero-order valence-corrected chi connectivity index (χ0v) is 11.6. The molecule has 0 spiro atoms. The van der Waals surface area contributed by atoms with Crippen molar-refractivity contribution in [3.05, 3.63) is 45.4 Å². The number of nitrogens with one attached hydrogen (secondary N) is 1. The Kier molecular flexibility index (Phi) is 4.13. The number of aromatic nitrogens is 1. The fourth-order valence-electron chi connectivity index (χ4n) is 1.43. The number of carbonyl (C=O) groups is 1. The van der Waals surface area contributed by atoms with Crippen LogP contribution >= 0.6 is 22.9 Å². The molecule has 0 bridgehead atoms. The number of nitrogen functional groups attached to an aromatic ring is 1. The average Bonchev–Trinajstić information content (AvgIpc) is 2.68. The molecule has 2 aromatic rings. The van der Waals surface area contributed by atoms with Crippen LogP contribution in [0.15, 0.2) is 29.4 Å². The van der Waals surface area contributed by atoms with Crippen molar-refractivity contribution in [3.8, 4) is 0 Å². The predicted molar refractivity (Wildman–Crippen MR) is 77.8 cm³/mol. The van der Waals surface area contributed by atoms with Crippen LogP contribution < -0.4 is 11.2 Å². The van der Waals surface area contributed by atoms with Gasteiger partial charge in [-0.25, -0.2) is 10.4 Å². The molecule has 3 N–H and O–H groups in total. The van der Waals surface area contributed by atoms with Gasteiger partial charge in [0.2, 0.25) is 0 Å². The number of halogens is 1. The maximum absolute atomic E-state index is 11.8. The fraction of sp³-hybridized carbons (Fsp3) is 0.0833. The summed E-state index contributed by atoms with van der Waals surface area (Å²) in [5.74, 6) is -0.329. The van der Waals surface area contributed by atoms with Gasteiger partial charge >= 0.3 is 0 Å². The summed E-state index contributed by atoms with van der Waals surface area (Å²) in [6.45, 7) is 1.72. The molecule has 0 atom stereocenters. The summed E-state index contributed by atoms with van der Waals surface area (Å²) in [7, 11) is 0. The van der Waals surface area contributed by atoms with Crippen LogP contribution in [0.25, 0.3) is 0 Å². The Labute approximate surface area is 119 Å². The zero-order valence-electron chi connectivity index (χ0n) is 10.1. The van der Waals surface area contributed by atoms with Gasteiger partial charge in [0.05, 0.1) is 11.9 Å². The molecule has 98 valence electrons. The number of rotatable bonds is 3. The molecule has 7 heteroatoms. The number of carbonyl (C=O) groups excluding carboxylic acids is 1. The van der Waals surface area contributed by atoms with Crippen molar-refractivity contribution in [2.24, 2.45) is 5.10 Å². The number of benzene rings is 1. The number of hydrazone groups is 1. The first kappa shape index (κ1) is 13.5. The van der Waals surface area contributed by atoms with Crippen LogP contribution in [-0.2, 0) is 0 Å². The Balaban J connectivity index is 2.03. The third-order valence-electron chi connectivity index (χ3n) is 2.25. The molecule has 0 radical (unpaired) electrons. The minimum Gasteiger partial charge on any atom is -0.375 e. The summed E-state index contributed by atoms with van der Waals surface area (Å²) in [5, 5.41) is 4.84. The van der Waals surface area contributed by atoms with Crippen molar-refractivity contribution in [3.63, 3.8) is 0 Å². The molecule has 1 heterocycles. The van der Waals surface area contributed by atoms with Gasteiger partial charge in [0, 0.05) is 5.02 Å². The van der Waals surface area contributed by atoms with Crippen LogP contribution in [0, 0.1) is 6.92 Å². The van der Waals surface area contributed by atoms with Gasteiger partial charge in [0.25, 0.3) is 5.91 Å². The van der Waals surface area contributed by atoms with Crippen molar-refractivity contribution < 1.29 is 4.79 Å². The SMILES string of the molecule is Cc1nc(N)sc1C(=O)N/N=C\c1cccc(Cl)c1. The van der Waals surface area contributed by atoms with Gasteiger partial charge in [-0.15, -0.1) is 0 Å². The molecule has 0 unspecified atom stereocenters. The van der Waals surface area contributed by atoms with E-state index in [4.69, 9.17) is 17.3 Å². The first-order valence-corrected chi connectivity index (χ1v) is 6.57. The predicted octanol–water partition coefficient (Wildman–Crippen LogP) is 2.45. The summed E-state index contributed by atoms with van der Waals surface area (Å²) in [6, 6.07) is 7.14. The van der Waals surface area contributed by atoms with E-state index in [1.54, 1.807) is 25.1 Å². The lowest BCUT2D eigenvalue weighted by Gasteiger charge is -1.97. The summed E-state index contributed by atoms with van der Waals surface area (Å²) in [5.41, 5.74) is 9.35. The number of nitrogens with two attached hydrogens (primary N) is 1. The number of hydrogen-bond donors (Lipinski definition) is 2. The van der Waals surface area contributed by atoms with Crippen LogP contribution in [0.2, 0.25) is 5.02 Å². The normalized spacial score (nSPS) is 10.8. The molecule has 19 heavy (non-hydrogen) atoms. The Bertz CT molecular complexity index is 638. The van der Waals surface area contributed by atoms with Crippen molar-refractivity contribution in [1.82, 2.24) is 10.4 Å². The molecule has 0 saturated heterocycles. The van der Waals surface area contributed by atoms with Gasteiger partial charge in [0.15, 0.2) is 5.13 Å². The van der Waals surface area contributed by atoms with Gasteiger partial charge in [0.1, 0.15) is 4.88 Å². The largest absolute Gasteiger partial charge is 0.375 e. The van der Waals surface area contributed by atoms with Crippen LogP contribution in [-0.4, -0.2) is 17.1 Å². The summed E-state index contributed by atoms with van der Waals surface area (Å²) in [6.07, 6.45) is 1.52. The third kappa shape index (κ3) is 3.52. The van der Waals surface area contributed by atoms with E-state index >= 15 is 0 Å². The molecule has 5 nitrogen and oxygen atoms in total. The van der Waals surface area contributed by atoms with Gasteiger partial charge in [-0.3, -0.25) is 4.79 Å². The molecular weight excluding hydrogens is 284 g/mol. The summed E-state index contributed by atoms with van der Waals surface area (Å²) >= 11 is 6.97. The lowest BCUT2D eigenvalue weighted by atomic mass is 10.2. The van der Waals surface area contributed by atoms with E-state index in [0.29, 0.717) is 20.7 Å². The molecule has 1 amide bonds. The highest BCUT2D eigenvalue weighted by molar-refractivity contribution is 7.17. The topological polar surface area (TPSA) is 80.4 Å². The molecule has 0 aliphatic rings. The molecular formula is C12H11ClN4OS. The van der Waals surface area contributed by atoms with Gasteiger partial charge < -0.3 is 5.73 Å². The maximum atomic E-state index is 11.8. The second kappa shape index (κ2) is 5.81. The van der Waals surface area contributed by atoms with E-state index in [1.807, 2.05) is 6.07 Å². The van der Waals surface area contributed by atoms with Crippen molar-refractivity contribution in [2.75, 3.05) is 5.73 Å². The number of anilines is 1. The Hall–Kier alpha value is -1.92. The van der Waals surface area contributed by atoms with Crippen LogP contribution in [0.3, 0.4) is 0 Å². The van der Waals surface area contributed by atoms with Crippen molar-refractivity contribution in [1.29, 1.82) is 0 Å². The standard InChI is InChI=1S/C12H11ClN4OS/c1-7-10(19-12(14)16-7)11(18)17-15-6-8-3-2-4-9(13)5-8/h2-6H,1H3,(H2,14,16)(H,17,18)/b15-6-. The van der Waals surface area contributed by atoms with Crippen molar-refractivity contribution >= 4 is 40.2 Å². The van der Waals surface area contributed by atoms with Crippen LogP contribution in [0.5, 0.6) is 0 Å². The van der Waals surface area contributed by atoms with Crippen LogP contribution in [0.4, 0.5) is 5.13 Å². The second-order valence-corrected chi connectivity index (χ2v) is 5.19. The van der Waals surface area contributed by atoms with E-state index in [2.05, 4.69) is 15.5 Å². The number of nitrogens with zero attached hydrogens (tertiary/aromatic N) is 2. The van der Waals surface area contributed by atoms with Gasteiger partial charge in [-0.2, -0.15) is 5.10 Å². The van der Waals surface area contributed by atoms with E-state index < -0.39 is 0 Å². The molecule has 0 saturated carbocycles. The second-order valence-electron chi connectivity index (χ2n) is 3.72. The molecule has 0 aliphatic carbocycles. The average molecular weight is 295 g/mol. The van der Waals surface area contributed by atoms with E-state index in [-0.39, 0.29) is 5.91 Å². The quantitative estimate of drug-likeness (QED) is 0.674. The van der Waals surface area contributed by atoms with E-state index in [9.17, 15) is 4.79 Å². The molecule has 1 aromatic carbocycles. The highest BCUT2D eigenvalue weighted by Crippen LogP contribution is 2.19. The molecule has 0 fully saturated rings. The smallest absolute Gasteiger partial charge is 0.283 e. The molecule has 0 aliphatic heterocycles. The Morgan fingerprint density at radius 3 is 3.00 bits per heavy atom. The molecule has 1 aromatic heterocycles. The lowest BCUT2D eigenvalue weighted by Crippen LogP contribution is -2.17. The summed E-state index contributed by atoms with van der Waals surface area (Å²) < 4.78 is 0. The van der Waals surface area contributed by atoms with E-state index in [1.165, 1.54) is 6.21 Å². The van der Waals surface area contributed by atoms with Gasteiger partial charge in [-0.1, -0.05) is 35.1 Å². The van der Waals surface area contributed by atoms with E-state index in [0.717, 1.165) is 16.9 Å². The summed E-state index contributed by atoms with van der Waals surface area (Å²) in [4.78, 5) is 16.2. The number of hydrogen-bond acceptors (Lipinski definition) is 5. The number of amides is 1. The minimum absolute atomic E-state index is 0.329. The highest BCUT2D eigenvalue weighted by atomic mass is 35.5. The maximum Gasteiger partial charge on any atom is 0.283 e. The minimum atomic E-state index is -0.329. The molecule has 2 rings (SSSR count).